The number of hydrogen-bond acceptors (Lipinski definition) is 5. The Hall–Kier alpha value is -3.71. The first kappa shape index (κ1) is 22.1. The second-order valence-electron chi connectivity index (χ2n) is 8.58. The molecule has 7 nitrogen and oxygen atoms in total. The molecule has 2 aliphatic rings. The Labute approximate surface area is 206 Å². The van der Waals surface area contributed by atoms with Crippen LogP contribution in [0.2, 0.25) is 5.02 Å². The van der Waals surface area contributed by atoms with Crippen molar-refractivity contribution < 1.29 is 28.4 Å². The van der Waals surface area contributed by atoms with Crippen molar-refractivity contribution in [3.63, 3.8) is 0 Å². The Bertz CT molecular complexity index is 1320. The van der Waals surface area contributed by atoms with Crippen LogP contribution in [-0.2, 0) is 15.0 Å². The fourth-order valence-corrected chi connectivity index (χ4v) is 4.47. The van der Waals surface area contributed by atoms with E-state index in [0.29, 0.717) is 27.9 Å². The topological polar surface area (TPSA) is 96.9 Å². The predicted octanol–water partition coefficient (Wildman–Crippen LogP) is 5.95. The highest BCUT2D eigenvalue weighted by molar-refractivity contribution is 6.33. The summed E-state index contributed by atoms with van der Waals surface area (Å²) in [6.07, 6.45) is 1.55. The quantitative estimate of drug-likeness (QED) is 0.383. The van der Waals surface area contributed by atoms with Gasteiger partial charge in [0.1, 0.15) is 6.54 Å². The van der Waals surface area contributed by atoms with Gasteiger partial charge in [-0.1, -0.05) is 29.8 Å². The van der Waals surface area contributed by atoms with Crippen LogP contribution in [0.5, 0.6) is 11.5 Å². The number of fused-ring (bicyclic) bond motifs is 1. The molecule has 5 rings (SSSR count). The van der Waals surface area contributed by atoms with E-state index >= 15 is 0 Å². The number of carbonyl (C=O) groups excluding carboxylic acids is 1. The summed E-state index contributed by atoms with van der Waals surface area (Å²) >= 11 is 6.37. The van der Waals surface area contributed by atoms with Gasteiger partial charge in [0.05, 0.1) is 16.1 Å². The molecule has 1 heterocycles. The Morgan fingerprint density at radius 1 is 1.06 bits per heavy atom. The Morgan fingerprint density at radius 2 is 1.85 bits per heavy atom. The lowest BCUT2D eigenvalue weighted by molar-refractivity contribution is -0.135. The molecule has 1 saturated carbocycles. The number of halogens is 1. The van der Waals surface area contributed by atoms with E-state index in [0.717, 1.165) is 35.1 Å². The maximum absolute atomic E-state index is 13.3. The molecule has 0 unspecified atom stereocenters. The summed E-state index contributed by atoms with van der Waals surface area (Å²) in [5.74, 6) is 0.361. The zero-order valence-electron chi connectivity index (χ0n) is 18.5. The highest BCUT2D eigenvalue weighted by atomic mass is 35.5. The number of carboxylic acids is 1. The van der Waals surface area contributed by atoms with Crippen molar-refractivity contribution in [1.82, 2.24) is 0 Å². The Kier molecular flexibility index (Phi) is 5.57. The molecular weight excluding hydrogens is 456 g/mol. The molecule has 1 amide bonds. The van der Waals surface area contributed by atoms with Crippen molar-refractivity contribution in [2.75, 3.05) is 24.0 Å². The van der Waals surface area contributed by atoms with Gasteiger partial charge in [0.2, 0.25) is 12.7 Å². The van der Waals surface area contributed by atoms with Gasteiger partial charge in [-0.3, -0.25) is 9.59 Å². The van der Waals surface area contributed by atoms with Crippen LogP contribution in [0.3, 0.4) is 0 Å². The number of ether oxygens (including phenoxy) is 2. The van der Waals surface area contributed by atoms with Crippen LogP contribution in [0.25, 0.3) is 11.1 Å². The number of anilines is 2. The van der Waals surface area contributed by atoms with Crippen LogP contribution in [0.4, 0.5) is 11.4 Å². The summed E-state index contributed by atoms with van der Waals surface area (Å²) < 4.78 is 10.9. The average Bonchev–Trinajstić information content (AvgIpc) is 3.50. The first-order valence-electron chi connectivity index (χ1n) is 10.9. The minimum Gasteiger partial charge on any atom is -0.480 e. The lowest BCUT2D eigenvalue weighted by atomic mass is 9.94. The SMILES string of the molecule is Cc1ccc(NC(=O)C2(c3ccc4c(c3)OCO4)CC2)cc1-c1ccc(NCC(=O)O)c(Cl)c1.[HH].[HH].[HH]. The zero-order valence-corrected chi connectivity index (χ0v) is 19.2. The third kappa shape index (κ3) is 4.15. The van der Waals surface area contributed by atoms with Gasteiger partial charge in [-0.2, -0.15) is 0 Å². The molecule has 1 fully saturated rings. The molecule has 180 valence electrons. The first-order chi connectivity index (χ1) is 16.4. The van der Waals surface area contributed by atoms with Crippen LogP contribution < -0.4 is 20.1 Å². The standard InChI is InChI=1S/C26H23ClN2O5.3H2/c1-15-2-5-18(12-19(15)16-3-6-21(20(27)10-16)28-13-24(30)31)29-25(32)26(8-9-26)17-4-7-22-23(11-17)34-14-33-22;;;/h2-7,10-12,28H,8-9,13-14H2,1H3,(H,29,32)(H,30,31);3*1H. The van der Waals surface area contributed by atoms with E-state index in [2.05, 4.69) is 10.6 Å². The summed E-state index contributed by atoms with van der Waals surface area (Å²) in [4.78, 5) is 24.1. The molecule has 1 aliphatic carbocycles. The normalized spacial score (nSPS) is 15.0. The lowest BCUT2D eigenvalue weighted by Crippen LogP contribution is -2.27. The van der Waals surface area contributed by atoms with Gasteiger partial charge in [-0.05, 0) is 78.4 Å². The number of amides is 1. The molecule has 0 aromatic heterocycles. The van der Waals surface area contributed by atoms with Crippen molar-refractivity contribution in [2.45, 2.75) is 25.2 Å². The van der Waals surface area contributed by atoms with E-state index in [-0.39, 0.29) is 23.5 Å². The fourth-order valence-electron chi connectivity index (χ4n) is 4.22. The van der Waals surface area contributed by atoms with Gasteiger partial charge < -0.3 is 25.2 Å². The highest BCUT2D eigenvalue weighted by Gasteiger charge is 2.51. The van der Waals surface area contributed by atoms with Gasteiger partial charge in [0, 0.05) is 9.97 Å². The number of aliphatic carboxylic acids is 1. The van der Waals surface area contributed by atoms with Crippen molar-refractivity contribution in [1.29, 1.82) is 0 Å². The zero-order chi connectivity index (χ0) is 23.9. The van der Waals surface area contributed by atoms with Gasteiger partial charge in [-0.15, -0.1) is 0 Å². The molecule has 0 saturated heterocycles. The average molecular weight is 485 g/mol. The van der Waals surface area contributed by atoms with Crippen LogP contribution >= 0.6 is 11.6 Å². The fraction of sp³-hybridized carbons (Fsp3) is 0.231. The van der Waals surface area contributed by atoms with Crippen LogP contribution in [0.15, 0.2) is 54.6 Å². The Balaban J connectivity index is 0.00000160. The molecule has 0 bridgehead atoms. The molecular formula is C26H29ClN2O5. The molecule has 0 radical (unpaired) electrons. The van der Waals surface area contributed by atoms with Gasteiger partial charge in [0.15, 0.2) is 11.5 Å². The smallest absolute Gasteiger partial charge is 0.322 e. The number of aryl methyl sites for hydroxylation is 1. The first-order valence-corrected chi connectivity index (χ1v) is 11.3. The Morgan fingerprint density at radius 3 is 2.59 bits per heavy atom. The number of carboxylic acid groups (broad SMARTS) is 1. The number of hydrogen-bond donors (Lipinski definition) is 3. The summed E-state index contributed by atoms with van der Waals surface area (Å²) in [5.41, 5.74) is 4.44. The molecule has 3 aromatic rings. The van der Waals surface area contributed by atoms with Crippen molar-refractivity contribution >= 4 is 34.9 Å². The summed E-state index contributed by atoms with van der Waals surface area (Å²) in [6.45, 7) is 1.97. The number of benzene rings is 3. The minimum atomic E-state index is -0.964. The second-order valence-corrected chi connectivity index (χ2v) is 8.98. The maximum Gasteiger partial charge on any atom is 0.322 e. The second kappa shape index (κ2) is 8.57. The van der Waals surface area contributed by atoms with Gasteiger partial charge in [-0.25, -0.2) is 0 Å². The maximum atomic E-state index is 13.3. The van der Waals surface area contributed by atoms with Crippen molar-refractivity contribution in [3.05, 3.63) is 70.7 Å². The summed E-state index contributed by atoms with van der Waals surface area (Å²) in [5, 5.41) is 15.2. The van der Waals surface area contributed by atoms with E-state index in [4.69, 9.17) is 26.2 Å². The number of nitrogens with one attached hydrogen (secondary N) is 2. The molecule has 34 heavy (non-hydrogen) atoms. The molecule has 3 aromatic carbocycles. The van der Waals surface area contributed by atoms with Crippen molar-refractivity contribution in [3.8, 4) is 22.6 Å². The number of carbonyl (C=O) groups is 2. The largest absolute Gasteiger partial charge is 0.480 e. The molecule has 0 spiro atoms. The third-order valence-electron chi connectivity index (χ3n) is 6.32. The monoisotopic (exact) mass is 484 g/mol. The van der Waals surface area contributed by atoms with E-state index in [1.54, 1.807) is 12.1 Å². The minimum absolute atomic E-state index is 0. The summed E-state index contributed by atoms with van der Waals surface area (Å²) in [7, 11) is 0. The molecule has 0 atom stereocenters. The van der Waals surface area contributed by atoms with Gasteiger partial charge in [0.25, 0.3) is 0 Å². The van der Waals surface area contributed by atoms with Crippen LogP contribution in [0, 0.1) is 6.92 Å². The molecule has 8 heteroatoms. The van der Waals surface area contributed by atoms with E-state index in [9.17, 15) is 9.59 Å². The third-order valence-corrected chi connectivity index (χ3v) is 6.63. The van der Waals surface area contributed by atoms with Crippen molar-refractivity contribution in [2.24, 2.45) is 0 Å². The van der Waals surface area contributed by atoms with E-state index in [1.807, 2.05) is 49.4 Å². The van der Waals surface area contributed by atoms with Crippen LogP contribution in [-0.4, -0.2) is 30.3 Å². The van der Waals surface area contributed by atoms with E-state index in [1.165, 1.54) is 0 Å². The van der Waals surface area contributed by atoms with Gasteiger partial charge >= 0.3 is 5.97 Å². The van der Waals surface area contributed by atoms with E-state index < -0.39 is 11.4 Å². The number of rotatable bonds is 7. The predicted molar refractivity (Wildman–Crippen MR) is 136 cm³/mol. The highest BCUT2D eigenvalue weighted by Crippen LogP contribution is 2.51. The lowest BCUT2D eigenvalue weighted by Gasteiger charge is -2.17. The summed E-state index contributed by atoms with van der Waals surface area (Å²) in [6, 6.07) is 16.9. The molecule has 1 aliphatic heterocycles. The molecule has 3 N–H and O–H groups in total. The van der Waals surface area contributed by atoms with Crippen LogP contribution in [0.1, 0.15) is 28.2 Å².